The lowest BCUT2D eigenvalue weighted by molar-refractivity contribution is -0.388. The lowest BCUT2D eigenvalue weighted by atomic mass is 10.2. The van der Waals surface area contributed by atoms with E-state index in [1.54, 1.807) is 0 Å². The maximum atomic E-state index is 12.9. The third-order valence-electron chi connectivity index (χ3n) is 3.08. The molecule has 0 aliphatic carbocycles. The molecule has 0 aliphatic rings. The SMILES string of the molecule is O=Cc1ccc(NS(=O)(=O)c2ccc([N+](=O)[O-])c(C(F)(F)F)c2)cc1. The van der Waals surface area contributed by atoms with Crippen LogP contribution in [0.15, 0.2) is 47.4 Å². The smallest absolute Gasteiger partial charge is 0.298 e. The number of nitro groups is 1. The van der Waals surface area contributed by atoms with Gasteiger partial charge in [-0.05, 0) is 36.4 Å². The van der Waals surface area contributed by atoms with E-state index in [1.165, 1.54) is 24.3 Å². The van der Waals surface area contributed by atoms with Crippen LogP contribution in [0.1, 0.15) is 15.9 Å². The van der Waals surface area contributed by atoms with Crippen molar-refractivity contribution in [1.29, 1.82) is 0 Å². The van der Waals surface area contributed by atoms with Crippen molar-refractivity contribution in [3.8, 4) is 0 Å². The van der Waals surface area contributed by atoms with Crippen molar-refractivity contribution in [1.82, 2.24) is 0 Å². The van der Waals surface area contributed by atoms with Gasteiger partial charge in [0, 0.05) is 17.3 Å². The maximum Gasteiger partial charge on any atom is 0.423 e. The van der Waals surface area contributed by atoms with Gasteiger partial charge in [-0.25, -0.2) is 8.42 Å². The van der Waals surface area contributed by atoms with Gasteiger partial charge in [-0.2, -0.15) is 13.2 Å². The highest BCUT2D eigenvalue weighted by Gasteiger charge is 2.39. The first-order valence-corrected chi connectivity index (χ1v) is 7.96. The van der Waals surface area contributed by atoms with E-state index in [9.17, 15) is 36.5 Å². The number of nitrogens with one attached hydrogen (secondary N) is 1. The van der Waals surface area contributed by atoms with Crippen LogP contribution in [0, 0.1) is 10.1 Å². The summed E-state index contributed by atoms with van der Waals surface area (Å²) in [5.74, 6) is 0. The van der Waals surface area contributed by atoms with Crippen molar-refractivity contribution < 1.29 is 31.3 Å². The van der Waals surface area contributed by atoms with Crippen molar-refractivity contribution in [3.05, 3.63) is 63.7 Å². The molecule has 2 aromatic carbocycles. The Labute approximate surface area is 139 Å². The highest BCUT2D eigenvalue weighted by atomic mass is 32.2. The summed E-state index contributed by atoms with van der Waals surface area (Å²) >= 11 is 0. The molecule has 132 valence electrons. The number of carbonyl (C=O) groups excluding carboxylic acids is 1. The molecule has 0 bridgehead atoms. The number of benzene rings is 2. The summed E-state index contributed by atoms with van der Waals surface area (Å²) in [6, 6.07) is 6.49. The molecule has 1 N–H and O–H groups in total. The average Bonchev–Trinajstić information content (AvgIpc) is 2.53. The number of aldehydes is 1. The number of hydrogen-bond donors (Lipinski definition) is 1. The van der Waals surface area contributed by atoms with Crippen LogP contribution in [0.25, 0.3) is 0 Å². The van der Waals surface area contributed by atoms with Crippen molar-refractivity contribution in [2.45, 2.75) is 11.1 Å². The van der Waals surface area contributed by atoms with Gasteiger partial charge in [0.15, 0.2) is 0 Å². The van der Waals surface area contributed by atoms with Crippen molar-refractivity contribution in [2.75, 3.05) is 4.72 Å². The minimum Gasteiger partial charge on any atom is -0.298 e. The molecule has 0 fully saturated rings. The molecule has 0 heterocycles. The molecule has 0 saturated carbocycles. The molecule has 0 spiro atoms. The number of hydrogen-bond acceptors (Lipinski definition) is 5. The van der Waals surface area contributed by atoms with E-state index < -0.39 is 37.3 Å². The van der Waals surface area contributed by atoms with E-state index in [-0.39, 0.29) is 17.3 Å². The van der Waals surface area contributed by atoms with Gasteiger partial charge >= 0.3 is 6.18 Å². The Morgan fingerprint density at radius 1 is 1.08 bits per heavy atom. The number of rotatable bonds is 5. The summed E-state index contributed by atoms with van der Waals surface area (Å²) in [6.07, 6.45) is -4.57. The molecule has 0 saturated heterocycles. The molecular formula is C14H9F3N2O5S. The van der Waals surface area contributed by atoms with Crippen LogP contribution in [0.5, 0.6) is 0 Å². The van der Waals surface area contributed by atoms with Crippen LogP contribution in [-0.2, 0) is 16.2 Å². The molecule has 0 atom stereocenters. The lowest BCUT2D eigenvalue weighted by Gasteiger charge is -2.11. The molecule has 0 aromatic heterocycles. The van der Waals surface area contributed by atoms with Gasteiger partial charge in [0.2, 0.25) is 0 Å². The maximum absolute atomic E-state index is 12.9. The van der Waals surface area contributed by atoms with Crippen LogP contribution in [0.4, 0.5) is 24.5 Å². The van der Waals surface area contributed by atoms with E-state index >= 15 is 0 Å². The van der Waals surface area contributed by atoms with Crippen LogP contribution in [0.3, 0.4) is 0 Å². The third kappa shape index (κ3) is 4.12. The molecule has 0 radical (unpaired) electrons. The molecular weight excluding hydrogens is 365 g/mol. The molecule has 0 unspecified atom stereocenters. The molecule has 2 rings (SSSR count). The van der Waals surface area contributed by atoms with Crippen LogP contribution in [0.2, 0.25) is 0 Å². The topological polar surface area (TPSA) is 106 Å². The van der Waals surface area contributed by atoms with Crippen molar-refractivity contribution >= 4 is 27.7 Å². The standard InChI is InChI=1S/C14H9F3N2O5S/c15-14(16,17)12-7-11(5-6-13(12)19(21)22)25(23,24)18-10-3-1-9(8-20)2-4-10/h1-8,18H. The quantitative estimate of drug-likeness (QED) is 0.491. The van der Waals surface area contributed by atoms with Gasteiger partial charge < -0.3 is 0 Å². The first-order valence-electron chi connectivity index (χ1n) is 6.48. The van der Waals surface area contributed by atoms with Gasteiger partial charge in [-0.3, -0.25) is 19.6 Å². The summed E-state index contributed by atoms with van der Waals surface area (Å²) in [5, 5.41) is 10.7. The van der Waals surface area contributed by atoms with Crippen LogP contribution < -0.4 is 4.72 Å². The molecule has 0 aliphatic heterocycles. The van der Waals surface area contributed by atoms with Gasteiger partial charge in [0.1, 0.15) is 11.8 Å². The van der Waals surface area contributed by atoms with E-state index in [2.05, 4.69) is 0 Å². The molecule has 0 amide bonds. The Hall–Kier alpha value is -2.95. The molecule has 25 heavy (non-hydrogen) atoms. The number of nitrogens with zero attached hydrogens (tertiary/aromatic N) is 1. The van der Waals surface area contributed by atoms with E-state index in [1.807, 2.05) is 4.72 Å². The zero-order valence-electron chi connectivity index (χ0n) is 12.1. The van der Waals surface area contributed by atoms with Crippen LogP contribution in [-0.4, -0.2) is 19.6 Å². The first kappa shape index (κ1) is 18.4. The Morgan fingerprint density at radius 3 is 2.16 bits per heavy atom. The zero-order valence-corrected chi connectivity index (χ0v) is 13.0. The predicted molar refractivity (Wildman–Crippen MR) is 80.7 cm³/mol. The Bertz CT molecular complexity index is 924. The number of sulfonamides is 1. The fourth-order valence-corrected chi connectivity index (χ4v) is 3.00. The van der Waals surface area contributed by atoms with Gasteiger partial charge in [0.25, 0.3) is 15.7 Å². The largest absolute Gasteiger partial charge is 0.423 e. The van der Waals surface area contributed by atoms with E-state index in [0.717, 1.165) is 0 Å². The van der Waals surface area contributed by atoms with E-state index in [4.69, 9.17) is 0 Å². The molecule has 7 nitrogen and oxygen atoms in total. The first-order chi connectivity index (χ1) is 11.5. The predicted octanol–water partition coefficient (Wildman–Crippen LogP) is 3.23. The van der Waals surface area contributed by atoms with Gasteiger partial charge in [-0.15, -0.1) is 0 Å². The number of halogens is 3. The summed E-state index contributed by atoms with van der Waals surface area (Å²) in [6.45, 7) is 0. The minimum atomic E-state index is -5.10. The number of alkyl halides is 3. The minimum absolute atomic E-state index is 0.0116. The third-order valence-corrected chi connectivity index (χ3v) is 4.46. The molecule has 2 aromatic rings. The summed E-state index contributed by atoms with van der Waals surface area (Å²) in [7, 11) is -4.42. The Morgan fingerprint density at radius 2 is 1.68 bits per heavy atom. The average molecular weight is 374 g/mol. The Kier molecular flexibility index (Phi) is 4.79. The highest BCUT2D eigenvalue weighted by Crippen LogP contribution is 2.37. The van der Waals surface area contributed by atoms with Gasteiger partial charge in [0.05, 0.1) is 9.82 Å². The summed E-state index contributed by atoms with van der Waals surface area (Å²) < 4.78 is 65.2. The fourth-order valence-electron chi connectivity index (χ4n) is 1.91. The lowest BCUT2D eigenvalue weighted by Crippen LogP contribution is -2.15. The fraction of sp³-hybridized carbons (Fsp3) is 0.0714. The van der Waals surface area contributed by atoms with Crippen LogP contribution >= 0.6 is 0 Å². The highest BCUT2D eigenvalue weighted by molar-refractivity contribution is 7.92. The normalized spacial score (nSPS) is 11.8. The number of anilines is 1. The van der Waals surface area contributed by atoms with E-state index in [0.29, 0.717) is 18.4 Å². The van der Waals surface area contributed by atoms with Gasteiger partial charge in [-0.1, -0.05) is 0 Å². The van der Waals surface area contributed by atoms with Crippen molar-refractivity contribution in [3.63, 3.8) is 0 Å². The zero-order chi connectivity index (χ0) is 18.8. The summed E-state index contributed by atoms with van der Waals surface area (Å²) in [4.78, 5) is 19.2. The molecule has 11 heteroatoms. The second kappa shape index (κ2) is 6.51. The monoisotopic (exact) mass is 374 g/mol. The second-order valence-electron chi connectivity index (χ2n) is 4.78. The van der Waals surface area contributed by atoms with Crippen molar-refractivity contribution in [2.24, 2.45) is 0 Å². The number of carbonyl (C=O) groups is 1. The Balaban J connectivity index is 2.45. The summed E-state index contributed by atoms with van der Waals surface area (Å²) in [5.41, 5.74) is -2.63. The number of nitro benzene ring substituents is 1. The second-order valence-corrected chi connectivity index (χ2v) is 6.46.